The summed E-state index contributed by atoms with van der Waals surface area (Å²) in [6, 6.07) is 33.3. The van der Waals surface area contributed by atoms with E-state index in [0.717, 1.165) is 35.2 Å². The van der Waals surface area contributed by atoms with E-state index in [1.165, 1.54) is 0 Å². The first-order chi connectivity index (χ1) is 17.7. The summed E-state index contributed by atoms with van der Waals surface area (Å²) < 4.78 is 11.8. The van der Waals surface area contributed by atoms with Gasteiger partial charge in [-0.15, -0.1) is 0 Å². The van der Waals surface area contributed by atoms with E-state index >= 15 is 0 Å². The number of benzene rings is 3. The molecule has 2 N–H and O–H groups in total. The first-order valence-electron chi connectivity index (χ1n) is 12.4. The Balaban J connectivity index is 1.69. The fraction of sp³-hybridized carbons (Fsp3) is 0.226. The van der Waals surface area contributed by atoms with Gasteiger partial charge in [0.15, 0.2) is 0 Å². The SMILES string of the molecule is CC(=N)c1c(NC(c2ccccc2)(c2ccccc2)c2ccccc2)ccnc1OC1CCOCC1. The second kappa shape index (κ2) is 10.8. The monoisotopic (exact) mass is 477 g/mol. The second-order valence-electron chi connectivity index (χ2n) is 9.07. The lowest BCUT2D eigenvalue weighted by molar-refractivity contribution is 0.0237. The summed E-state index contributed by atoms with van der Waals surface area (Å²) in [6.07, 6.45) is 3.42. The summed E-state index contributed by atoms with van der Waals surface area (Å²) in [5.74, 6) is 0.488. The van der Waals surface area contributed by atoms with Crippen molar-refractivity contribution in [2.45, 2.75) is 31.4 Å². The molecule has 0 aliphatic carbocycles. The predicted molar refractivity (Wildman–Crippen MR) is 144 cm³/mol. The van der Waals surface area contributed by atoms with E-state index in [0.29, 0.717) is 30.4 Å². The van der Waals surface area contributed by atoms with Crippen molar-refractivity contribution < 1.29 is 9.47 Å². The molecule has 3 aromatic carbocycles. The molecule has 1 fully saturated rings. The minimum atomic E-state index is -0.703. The van der Waals surface area contributed by atoms with Crippen molar-refractivity contribution in [1.82, 2.24) is 4.98 Å². The normalized spacial score (nSPS) is 14.2. The summed E-state index contributed by atoms with van der Waals surface area (Å²) in [4.78, 5) is 4.56. The van der Waals surface area contributed by atoms with Crippen LogP contribution in [0.2, 0.25) is 0 Å². The molecule has 5 heteroatoms. The molecule has 1 aromatic heterocycles. The summed E-state index contributed by atoms with van der Waals surface area (Å²) in [5.41, 5.74) is 4.47. The minimum absolute atomic E-state index is 0.0294. The maximum Gasteiger partial charge on any atom is 0.224 e. The van der Waals surface area contributed by atoms with Crippen LogP contribution < -0.4 is 10.1 Å². The van der Waals surface area contributed by atoms with Crippen LogP contribution in [-0.2, 0) is 10.3 Å². The maximum absolute atomic E-state index is 8.67. The summed E-state index contributed by atoms with van der Waals surface area (Å²) >= 11 is 0. The Morgan fingerprint density at radius 3 is 1.81 bits per heavy atom. The van der Waals surface area contributed by atoms with Gasteiger partial charge in [-0.25, -0.2) is 4.98 Å². The standard InChI is InChI=1S/C31H31N3O2/c1-23(32)29-28(17-20-33-30(29)36-27-18-21-35-22-19-27)34-31(24-11-5-2-6-12-24,25-13-7-3-8-14-25)26-15-9-4-10-16-26/h2-17,20,27,32H,18-19,21-22H2,1H3,(H,33,34). The van der Waals surface area contributed by atoms with Crippen molar-refractivity contribution in [3.05, 3.63) is 126 Å². The second-order valence-corrected chi connectivity index (χ2v) is 9.07. The molecule has 5 nitrogen and oxygen atoms in total. The van der Waals surface area contributed by atoms with Gasteiger partial charge in [-0.05, 0) is 29.7 Å². The molecule has 0 saturated carbocycles. The third-order valence-electron chi connectivity index (χ3n) is 6.68. The molecular formula is C31H31N3O2. The zero-order valence-corrected chi connectivity index (χ0v) is 20.5. The van der Waals surface area contributed by atoms with Gasteiger partial charge in [0.25, 0.3) is 0 Å². The largest absolute Gasteiger partial charge is 0.474 e. The molecule has 1 saturated heterocycles. The highest BCUT2D eigenvalue weighted by molar-refractivity contribution is 6.03. The van der Waals surface area contributed by atoms with Gasteiger partial charge < -0.3 is 20.2 Å². The Kier molecular flexibility index (Phi) is 7.10. The Morgan fingerprint density at radius 1 is 0.833 bits per heavy atom. The van der Waals surface area contributed by atoms with E-state index in [1.54, 1.807) is 13.1 Å². The third kappa shape index (κ3) is 4.75. The lowest BCUT2D eigenvalue weighted by Crippen LogP contribution is -2.38. The maximum atomic E-state index is 8.67. The molecule has 0 bridgehead atoms. The summed E-state index contributed by atoms with van der Waals surface area (Å²) in [7, 11) is 0. The first-order valence-corrected chi connectivity index (χ1v) is 12.4. The number of nitrogens with zero attached hydrogens (tertiary/aromatic N) is 1. The molecule has 36 heavy (non-hydrogen) atoms. The van der Waals surface area contributed by atoms with E-state index < -0.39 is 5.54 Å². The van der Waals surface area contributed by atoms with E-state index in [2.05, 4.69) is 83.1 Å². The zero-order chi connectivity index (χ0) is 24.8. The molecular weight excluding hydrogens is 446 g/mol. The predicted octanol–water partition coefficient (Wildman–Crippen LogP) is 6.43. The summed E-state index contributed by atoms with van der Waals surface area (Å²) in [5, 5.41) is 12.6. The molecule has 1 aliphatic heterocycles. The Labute approximate surface area is 212 Å². The average Bonchev–Trinajstić information content (AvgIpc) is 2.94. The van der Waals surface area contributed by atoms with Crippen molar-refractivity contribution in [3.8, 4) is 5.88 Å². The van der Waals surface area contributed by atoms with Crippen molar-refractivity contribution >= 4 is 11.4 Å². The Morgan fingerprint density at radius 2 is 1.33 bits per heavy atom. The molecule has 4 aromatic rings. The number of hydrogen-bond acceptors (Lipinski definition) is 5. The number of ether oxygens (including phenoxy) is 2. The lowest BCUT2D eigenvalue weighted by atomic mass is 9.76. The number of rotatable bonds is 8. The van der Waals surface area contributed by atoms with Gasteiger partial charge in [-0.3, -0.25) is 0 Å². The van der Waals surface area contributed by atoms with Gasteiger partial charge in [0, 0.05) is 24.8 Å². The number of aromatic nitrogens is 1. The van der Waals surface area contributed by atoms with Crippen LogP contribution in [0, 0.1) is 5.41 Å². The van der Waals surface area contributed by atoms with Crippen LogP contribution in [-0.4, -0.2) is 30.0 Å². The topological polar surface area (TPSA) is 67.2 Å². The van der Waals surface area contributed by atoms with Crippen LogP contribution in [0.25, 0.3) is 0 Å². The van der Waals surface area contributed by atoms with Crippen LogP contribution >= 0.6 is 0 Å². The molecule has 0 unspecified atom stereocenters. The Hall–Kier alpha value is -3.96. The lowest BCUT2D eigenvalue weighted by Gasteiger charge is -2.38. The number of pyridine rings is 1. The van der Waals surface area contributed by atoms with Crippen LogP contribution in [0.5, 0.6) is 5.88 Å². The van der Waals surface area contributed by atoms with Crippen LogP contribution in [0.4, 0.5) is 5.69 Å². The fourth-order valence-electron chi connectivity index (χ4n) is 4.93. The van der Waals surface area contributed by atoms with Crippen LogP contribution in [0.3, 0.4) is 0 Å². The molecule has 1 aliphatic rings. The molecule has 182 valence electrons. The number of nitrogens with one attached hydrogen (secondary N) is 2. The van der Waals surface area contributed by atoms with Crippen molar-refractivity contribution in [3.63, 3.8) is 0 Å². The molecule has 2 heterocycles. The number of hydrogen-bond donors (Lipinski definition) is 2. The average molecular weight is 478 g/mol. The van der Waals surface area contributed by atoms with Gasteiger partial charge in [0.05, 0.1) is 24.5 Å². The van der Waals surface area contributed by atoms with Gasteiger partial charge in [0.2, 0.25) is 5.88 Å². The van der Waals surface area contributed by atoms with Crippen molar-refractivity contribution in [1.29, 1.82) is 5.41 Å². The molecule has 0 radical (unpaired) electrons. The van der Waals surface area contributed by atoms with Crippen LogP contribution in [0.1, 0.15) is 42.0 Å². The van der Waals surface area contributed by atoms with Crippen molar-refractivity contribution in [2.24, 2.45) is 0 Å². The molecule has 0 atom stereocenters. The minimum Gasteiger partial charge on any atom is -0.474 e. The zero-order valence-electron chi connectivity index (χ0n) is 20.5. The quantitative estimate of drug-likeness (QED) is 0.227. The smallest absolute Gasteiger partial charge is 0.224 e. The van der Waals surface area contributed by atoms with E-state index in [4.69, 9.17) is 14.9 Å². The van der Waals surface area contributed by atoms with Gasteiger partial charge >= 0.3 is 0 Å². The van der Waals surface area contributed by atoms with Crippen molar-refractivity contribution in [2.75, 3.05) is 18.5 Å². The highest BCUT2D eigenvalue weighted by Gasteiger charge is 2.37. The molecule has 0 amide bonds. The van der Waals surface area contributed by atoms with E-state index in [1.807, 2.05) is 24.3 Å². The van der Waals surface area contributed by atoms with Gasteiger partial charge in [0.1, 0.15) is 11.6 Å². The van der Waals surface area contributed by atoms with Gasteiger partial charge in [-0.1, -0.05) is 91.0 Å². The van der Waals surface area contributed by atoms with Gasteiger partial charge in [-0.2, -0.15) is 0 Å². The highest BCUT2D eigenvalue weighted by Crippen LogP contribution is 2.41. The molecule has 0 spiro atoms. The first kappa shape index (κ1) is 23.8. The number of anilines is 1. The van der Waals surface area contributed by atoms with E-state index in [9.17, 15) is 0 Å². The third-order valence-corrected chi connectivity index (χ3v) is 6.68. The Bertz CT molecular complexity index is 1190. The fourth-order valence-corrected chi connectivity index (χ4v) is 4.93. The summed E-state index contributed by atoms with van der Waals surface area (Å²) in [6.45, 7) is 3.15. The highest BCUT2D eigenvalue weighted by atomic mass is 16.5. The van der Waals surface area contributed by atoms with E-state index in [-0.39, 0.29) is 6.10 Å². The van der Waals surface area contributed by atoms with Crippen LogP contribution in [0.15, 0.2) is 103 Å². The molecule has 5 rings (SSSR count).